The topological polar surface area (TPSA) is 65.2 Å². The van der Waals surface area contributed by atoms with Crippen LogP contribution in [0.25, 0.3) is 11.4 Å². The predicted molar refractivity (Wildman–Crippen MR) is 60.8 cm³/mol. The number of ether oxygens (including phenoxy) is 1. The molecule has 2 rings (SSSR count). The molecule has 0 spiro atoms. The third kappa shape index (κ3) is 2.63. The van der Waals surface area contributed by atoms with E-state index < -0.39 is 17.7 Å². The van der Waals surface area contributed by atoms with E-state index in [1.165, 1.54) is 6.92 Å². The molecule has 0 fully saturated rings. The number of nitrogens with zero attached hydrogens (tertiary/aromatic N) is 2. The lowest BCUT2D eigenvalue weighted by Crippen LogP contribution is -2.10. The van der Waals surface area contributed by atoms with Crippen molar-refractivity contribution in [2.45, 2.75) is 13.1 Å². The number of carbonyl (C=O) groups excluding carboxylic acids is 1. The van der Waals surface area contributed by atoms with Crippen LogP contribution in [0.3, 0.4) is 0 Å². The van der Waals surface area contributed by atoms with E-state index in [0.29, 0.717) is 0 Å². The number of benzene rings is 1. The van der Waals surface area contributed by atoms with Gasteiger partial charge >= 0.3 is 12.1 Å². The lowest BCUT2D eigenvalue weighted by molar-refractivity contribution is -0.137. The molecule has 5 nitrogen and oxygen atoms in total. The Morgan fingerprint density at radius 2 is 2.05 bits per heavy atom. The Kier molecular flexibility index (Phi) is 3.47. The summed E-state index contributed by atoms with van der Waals surface area (Å²) in [6.07, 6.45) is -4.60. The van der Waals surface area contributed by atoms with Gasteiger partial charge in [-0.15, -0.1) is 0 Å². The minimum atomic E-state index is -4.60. The molecule has 0 saturated carbocycles. The van der Waals surface area contributed by atoms with Crippen LogP contribution in [0.15, 0.2) is 22.7 Å². The van der Waals surface area contributed by atoms with Gasteiger partial charge in [0.2, 0.25) is 11.7 Å². The summed E-state index contributed by atoms with van der Waals surface area (Å²) in [7, 11) is 1.14. The second-order valence-corrected chi connectivity index (χ2v) is 3.89. The zero-order valence-corrected chi connectivity index (χ0v) is 10.5. The Morgan fingerprint density at radius 1 is 1.35 bits per heavy atom. The van der Waals surface area contributed by atoms with Gasteiger partial charge in [0, 0.05) is 12.5 Å². The zero-order valence-electron chi connectivity index (χ0n) is 10.5. The van der Waals surface area contributed by atoms with Crippen molar-refractivity contribution in [1.82, 2.24) is 10.1 Å². The molecule has 0 saturated heterocycles. The summed E-state index contributed by atoms with van der Waals surface area (Å²) in [5.41, 5.74) is -1.32. The van der Waals surface area contributed by atoms with Gasteiger partial charge in [-0.3, -0.25) is 0 Å². The van der Waals surface area contributed by atoms with Crippen molar-refractivity contribution >= 4 is 5.97 Å². The Balaban J connectivity index is 2.63. The Labute approximate surface area is 111 Å². The van der Waals surface area contributed by atoms with Crippen LogP contribution in [0.1, 0.15) is 21.8 Å². The summed E-state index contributed by atoms with van der Waals surface area (Å²) in [5, 5.41) is 3.45. The average molecular weight is 286 g/mol. The standard InChI is InChI=1S/C12H9F3N2O3/c1-6-16-10(17-20-6)8-5-7(11(18)19-2)3-4-9(8)12(13,14)15/h3-5H,1-2H3. The van der Waals surface area contributed by atoms with Crippen molar-refractivity contribution in [2.75, 3.05) is 7.11 Å². The molecule has 0 N–H and O–H groups in total. The molecule has 0 aliphatic heterocycles. The fourth-order valence-corrected chi connectivity index (χ4v) is 1.63. The molecular weight excluding hydrogens is 277 g/mol. The number of aromatic nitrogens is 2. The second kappa shape index (κ2) is 4.95. The van der Waals surface area contributed by atoms with Crippen LogP contribution >= 0.6 is 0 Å². The molecule has 0 amide bonds. The summed E-state index contributed by atoms with van der Waals surface area (Å²) in [6, 6.07) is 2.84. The zero-order chi connectivity index (χ0) is 14.9. The van der Waals surface area contributed by atoms with E-state index in [2.05, 4.69) is 19.4 Å². The van der Waals surface area contributed by atoms with Gasteiger partial charge in [-0.1, -0.05) is 5.16 Å². The molecule has 2 aromatic rings. The number of halogens is 3. The Bertz CT molecular complexity index is 650. The monoisotopic (exact) mass is 286 g/mol. The number of hydrogen-bond acceptors (Lipinski definition) is 5. The van der Waals surface area contributed by atoms with Gasteiger partial charge in [0.25, 0.3) is 0 Å². The first-order valence-electron chi connectivity index (χ1n) is 5.43. The number of rotatable bonds is 2. The normalized spacial score (nSPS) is 11.4. The summed E-state index contributed by atoms with van der Waals surface area (Å²) in [6.45, 7) is 1.45. The molecule has 1 aromatic heterocycles. The minimum Gasteiger partial charge on any atom is -0.465 e. The van der Waals surface area contributed by atoms with E-state index in [0.717, 1.165) is 25.3 Å². The van der Waals surface area contributed by atoms with Crippen LogP contribution < -0.4 is 0 Å². The van der Waals surface area contributed by atoms with Gasteiger partial charge in [-0.25, -0.2) is 4.79 Å². The summed E-state index contributed by atoms with van der Waals surface area (Å²) in [4.78, 5) is 15.1. The van der Waals surface area contributed by atoms with E-state index in [1.54, 1.807) is 0 Å². The maximum atomic E-state index is 13.0. The van der Waals surface area contributed by atoms with Crippen LogP contribution in [0.5, 0.6) is 0 Å². The molecule has 106 valence electrons. The van der Waals surface area contributed by atoms with Gasteiger partial charge in [0.1, 0.15) is 0 Å². The maximum Gasteiger partial charge on any atom is 0.417 e. The Hall–Kier alpha value is -2.38. The molecule has 1 heterocycles. The lowest BCUT2D eigenvalue weighted by atomic mass is 10.0. The summed E-state index contributed by atoms with van der Waals surface area (Å²) < 4.78 is 48.0. The smallest absolute Gasteiger partial charge is 0.417 e. The molecule has 8 heteroatoms. The van der Waals surface area contributed by atoms with Crippen molar-refractivity contribution in [3.8, 4) is 11.4 Å². The van der Waals surface area contributed by atoms with E-state index in [4.69, 9.17) is 0 Å². The number of aryl methyl sites for hydroxylation is 1. The van der Waals surface area contributed by atoms with Crippen LogP contribution in [-0.2, 0) is 10.9 Å². The quantitative estimate of drug-likeness (QED) is 0.794. The molecule has 20 heavy (non-hydrogen) atoms. The summed E-state index contributed by atoms with van der Waals surface area (Å²) >= 11 is 0. The minimum absolute atomic E-state index is 0.0297. The fourth-order valence-electron chi connectivity index (χ4n) is 1.63. The number of hydrogen-bond donors (Lipinski definition) is 0. The molecule has 0 atom stereocenters. The van der Waals surface area contributed by atoms with Crippen molar-refractivity contribution in [3.05, 3.63) is 35.2 Å². The number of methoxy groups -OCH3 is 1. The highest BCUT2D eigenvalue weighted by atomic mass is 19.4. The van der Waals surface area contributed by atoms with Crippen LogP contribution in [-0.4, -0.2) is 23.2 Å². The third-order valence-electron chi connectivity index (χ3n) is 2.51. The van der Waals surface area contributed by atoms with Crippen molar-refractivity contribution in [1.29, 1.82) is 0 Å². The highest BCUT2D eigenvalue weighted by Crippen LogP contribution is 2.36. The fraction of sp³-hybridized carbons (Fsp3) is 0.250. The van der Waals surface area contributed by atoms with E-state index in [1.807, 2.05) is 0 Å². The van der Waals surface area contributed by atoms with Gasteiger partial charge in [0.05, 0.1) is 18.2 Å². The SMILES string of the molecule is COC(=O)c1ccc(C(F)(F)F)c(-c2noc(C)n2)c1. The molecule has 0 unspecified atom stereocenters. The first-order valence-corrected chi connectivity index (χ1v) is 5.43. The molecule has 0 aliphatic carbocycles. The first kappa shape index (κ1) is 14.0. The average Bonchev–Trinajstić information content (AvgIpc) is 2.82. The highest BCUT2D eigenvalue weighted by Gasteiger charge is 2.35. The van der Waals surface area contributed by atoms with Crippen LogP contribution in [0.4, 0.5) is 13.2 Å². The first-order chi connectivity index (χ1) is 9.32. The number of carbonyl (C=O) groups is 1. The second-order valence-electron chi connectivity index (χ2n) is 3.89. The summed E-state index contributed by atoms with van der Waals surface area (Å²) in [5.74, 6) is -0.864. The van der Waals surface area contributed by atoms with Gasteiger partial charge in [-0.2, -0.15) is 18.2 Å². The lowest BCUT2D eigenvalue weighted by Gasteiger charge is -2.11. The largest absolute Gasteiger partial charge is 0.465 e. The Morgan fingerprint density at radius 3 is 2.55 bits per heavy atom. The molecular formula is C12H9F3N2O3. The number of alkyl halides is 3. The van der Waals surface area contributed by atoms with Crippen molar-refractivity contribution in [2.24, 2.45) is 0 Å². The molecule has 0 bridgehead atoms. The van der Waals surface area contributed by atoms with Crippen molar-refractivity contribution in [3.63, 3.8) is 0 Å². The van der Waals surface area contributed by atoms with Crippen LogP contribution in [0, 0.1) is 6.92 Å². The van der Waals surface area contributed by atoms with E-state index in [9.17, 15) is 18.0 Å². The van der Waals surface area contributed by atoms with Crippen LogP contribution in [0.2, 0.25) is 0 Å². The van der Waals surface area contributed by atoms with Crippen molar-refractivity contribution < 1.29 is 27.2 Å². The molecule has 0 aliphatic rings. The van der Waals surface area contributed by atoms with Gasteiger partial charge in [-0.05, 0) is 18.2 Å². The third-order valence-corrected chi connectivity index (χ3v) is 2.51. The molecule has 0 radical (unpaired) electrons. The van der Waals surface area contributed by atoms with E-state index in [-0.39, 0.29) is 22.8 Å². The molecule has 1 aromatic carbocycles. The van der Waals surface area contributed by atoms with Gasteiger partial charge < -0.3 is 9.26 Å². The predicted octanol–water partition coefficient (Wildman–Crippen LogP) is 2.85. The highest BCUT2D eigenvalue weighted by molar-refractivity contribution is 5.91. The van der Waals surface area contributed by atoms with Gasteiger partial charge in [0.15, 0.2) is 0 Å². The van der Waals surface area contributed by atoms with E-state index >= 15 is 0 Å². The number of esters is 1. The maximum absolute atomic E-state index is 13.0.